The van der Waals surface area contributed by atoms with E-state index < -0.39 is 0 Å². The zero-order chi connectivity index (χ0) is 13.5. The SMILES string of the molecule is Nc1ccc(C2CCc3cncn32)cc1N1CCCC1. The van der Waals surface area contributed by atoms with Gasteiger partial charge in [0.05, 0.1) is 23.7 Å². The molecule has 104 valence electrons. The van der Waals surface area contributed by atoms with Gasteiger partial charge in [0.2, 0.25) is 0 Å². The van der Waals surface area contributed by atoms with E-state index in [1.165, 1.54) is 36.2 Å². The molecule has 1 aromatic heterocycles. The number of nitrogen functional groups attached to an aromatic ring is 1. The average Bonchev–Trinajstić information content (AvgIpc) is 3.17. The van der Waals surface area contributed by atoms with Crippen LogP contribution in [0.1, 0.15) is 36.6 Å². The molecule has 0 radical (unpaired) electrons. The summed E-state index contributed by atoms with van der Waals surface area (Å²) in [5, 5.41) is 0. The van der Waals surface area contributed by atoms with Crippen molar-refractivity contribution in [3.63, 3.8) is 0 Å². The molecule has 1 atom stereocenters. The van der Waals surface area contributed by atoms with Gasteiger partial charge in [0, 0.05) is 25.0 Å². The van der Waals surface area contributed by atoms with Crippen molar-refractivity contribution in [3.8, 4) is 0 Å². The molecule has 1 saturated heterocycles. The van der Waals surface area contributed by atoms with Gasteiger partial charge in [0.1, 0.15) is 0 Å². The predicted molar refractivity (Wildman–Crippen MR) is 81.0 cm³/mol. The Morgan fingerprint density at radius 3 is 2.90 bits per heavy atom. The van der Waals surface area contributed by atoms with Crippen LogP contribution in [0.4, 0.5) is 11.4 Å². The van der Waals surface area contributed by atoms with Crippen LogP contribution in [0, 0.1) is 0 Å². The second kappa shape index (κ2) is 4.54. The van der Waals surface area contributed by atoms with Gasteiger partial charge in [-0.05, 0) is 43.4 Å². The Hall–Kier alpha value is -1.97. The van der Waals surface area contributed by atoms with E-state index >= 15 is 0 Å². The molecular weight excluding hydrogens is 248 g/mol. The summed E-state index contributed by atoms with van der Waals surface area (Å²) in [4.78, 5) is 6.68. The Morgan fingerprint density at radius 1 is 1.20 bits per heavy atom. The van der Waals surface area contributed by atoms with E-state index in [1.54, 1.807) is 0 Å². The van der Waals surface area contributed by atoms with E-state index in [4.69, 9.17) is 5.73 Å². The third kappa shape index (κ3) is 1.79. The summed E-state index contributed by atoms with van der Waals surface area (Å²) in [6.07, 6.45) is 8.78. The minimum Gasteiger partial charge on any atom is -0.397 e. The summed E-state index contributed by atoms with van der Waals surface area (Å²) < 4.78 is 2.30. The van der Waals surface area contributed by atoms with Crippen LogP contribution in [0.2, 0.25) is 0 Å². The van der Waals surface area contributed by atoms with Gasteiger partial charge in [0.15, 0.2) is 0 Å². The molecule has 20 heavy (non-hydrogen) atoms. The Balaban J connectivity index is 1.71. The molecule has 0 spiro atoms. The summed E-state index contributed by atoms with van der Waals surface area (Å²) in [6.45, 7) is 2.27. The van der Waals surface area contributed by atoms with E-state index in [-0.39, 0.29) is 0 Å². The van der Waals surface area contributed by atoms with Crippen LogP contribution in [0.25, 0.3) is 0 Å². The molecule has 2 N–H and O–H groups in total. The number of fused-ring (bicyclic) bond motifs is 1. The Morgan fingerprint density at radius 2 is 2.05 bits per heavy atom. The normalized spacial score (nSPS) is 21.4. The topological polar surface area (TPSA) is 47.1 Å². The first kappa shape index (κ1) is 11.8. The lowest BCUT2D eigenvalue weighted by atomic mass is 10.0. The van der Waals surface area contributed by atoms with Crippen molar-refractivity contribution in [2.45, 2.75) is 31.7 Å². The Kier molecular flexibility index (Phi) is 2.69. The van der Waals surface area contributed by atoms with Gasteiger partial charge in [-0.1, -0.05) is 6.07 Å². The molecule has 2 aromatic rings. The van der Waals surface area contributed by atoms with Crippen molar-refractivity contribution in [2.75, 3.05) is 23.7 Å². The number of benzene rings is 1. The van der Waals surface area contributed by atoms with Crippen LogP contribution in [-0.2, 0) is 6.42 Å². The number of nitrogens with two attached hydrogens (primary N) is 1. The van der Waals surface area contributed by atoms with Crippen molar-refractivity contribution in [2.24, 2.45) is 0 Å². The molecule has 0 saturated carbocycles. The highest BCUT2D eigenvalue weighted by Crippen LogP contribution is 2.35. The number of hydrogen-bond acceptors (Lipinski definition) is 3. The molecule has 1 unspecified atom stereocenters. The number of aryl methyl sites for hydroxylation is 1. The summed E-state index contributed by atoms with van der Waals surface area (Å²) in [5.74, 6) is 0. The molecule has 0 amide bonds. The molecule has 0 bridgehead atoms. The van der Waals surface area contributed by atoms with Crippen molar-refractivity contribution in [3.05, 3.63) is 42.0 Å². The van der Waals surface area contributed by atoms with Gasteiger partial charge in [0.25, 0.3) is 0 Å². The second-order valence-corrected chi connectivity index (χ2v) is 5.86. The molecule has 4 heteroatoms. The minimum atomic E-state index is 0.425. The quantitative estimate of drug-likeness (QED) is 0.852. The smallest absolute Gasteiger partial charge is 0.0953 e. The molecule has 2 aliphatic heterocycles. The summed E-state index contributed by atoms with van der Waals surface area (Å²) in [5.41, 5.74) is 11.0. The monoisotopic (exact) mass is 268 g/mol. The maximum atomic E-state index is 6.18. The molecule has 0 aliphatic carbocycles. The number of rotatable bonds is 2. The lowest BCUT2D eigenvalue weighted by Gasteiger charge is -2.22. The third-order valence-electron chi connectivity index (χ3n) is 4.64. The van der Waals surface area contributed by atoms with Gasteiger partial charge in [-0.25, -0.2) is 4.98 Å². The standard InChI is InChI=1S/C16H20N4/c17-14-5-3-12(9-16(14)19-7-1-2-8-19)15-6-4-13-10-18-11-20(13)15/h3,5,9-11,15H,1-2,4,6-8,17H2. The number of imidazole rings is 1. The first-order valence-electron chi connectivity index (χ1n) is 7.48. The van der Waals surface area contributed by atoms with E-state index in [9.17, 15) is 0 Å². The number of aromatic nitrogens is 2. The van der Waals surface area contributed by atoms with Crippen LogP contribution in [-0.4, -0.2) is 22.6 Å². The predicted octanol–water partition coefficient (Wildman–Crippen LogP) is 2.60. The summed E-state index contributed by atoms with van der Waals surface area (Å²) >= 11 is 0. The van der Waals surface area contributed by atoms with Crippen molar-refractivity contribution in [1.82, 2.24) is 9.55 Å². The van der Waals surface area contributed by atoms with Crippen molar-refractivity contribution < 1.29 is 0 Å². The van der Waals surface area contributed by atoms with E-state index in [0.717, 1.165) is 25.2 Å². The average molecular weight is 268 g/mol. The first-order chi connectivity index (χ1) is 9.83. The molecule has 4 rings (SSSR count). The largest absolute Gasteiger partial charge is 0.397 e. The van der Waals surface area contributed by atoms with Crippen LogP contribution in [0.15, 0.2) is 30.7 Å². The highest BCUT2D eigenvalue weighted by atomic mass is 15.2. The van der Waals surface area contributed by atoms with E-state index in [0.29, 0.717) is 6.04 Å². The van der Waals surface area contributed by atoms with Crippen molar-refractivity contribution in [1.29, 1.82) is 0 Å². The van der Waals surface area contributed by atoms with E-state index in [2.05, 4.69) is 32.7 Å². The van der Waals surface area contributed by atoms with Crippen LogP contribution in [0.5, 0.6) is 0 Å². The van der Waals surface area contributed by atoms with Crippen LogP contribution in [0.3, 0.4) is 0 Å². The maximum Gasteiger partial charge on any atom is 0.0953 e. The third-order valence-corrected chi connectivity index (χ3v) is 4.64. The molecule has 1 aromatic carbocycles. The van der Waals surface area contributed by atoms with Gasteiger partial charge in [-0.15, -0.1) is 0 Å². The molecule has 2 aliphatic rings. The summed E-state index contributed by atoms with van der Waals surface area (Å²) in [6, 6.07) is 6.96. The number of anilines is 2. The molecule has 3 heterocycles. The summed E-state index contributed by atoms with van der Waals surface area (Å²) in [7, 11) is 0. The van der Waals surface area contributed by atoms with Gasteiger partial charge in [-0.2, -0.15) is 0 Å². The number of nitrogens with zero attached hydrogens (tertiary/aromatic N) is 3. The molecule has 4 nitrogen and oxygen atoms in total. The second-order valence-electron chi connectivity index (χ2n) is 5.86. The fraction of sp³-hybridized carbons (Fsp3) is 0.438. The molecule has 1 fully saturated rings. The maximum absolute atomic E-state index is 6.18. The zero-order valence-corrected chi connectivity index (χ0v) is 11.6. The van der Waals surface area contributed by atoms with Gasteiger partial charge in [-0.3, -0.25) is 0 Å². The Bertz CT molecular complexity index is 625. The molecular formula is C16H20N4. The zero-order valence-electron chi connectivity index (χ0n) is 11.6. The lowest BCUT2D eigenvalue weighted by molar-refractivity contribution is 0.616. The Labute approximate surface area is 119 Å². The first-order valence-corrected chi connectivity index (χ1v) is 7.48. The van der Waals surface area contributed by atoms with E-state index in [1.807, 2.05) is 12.5 Å². The fourth-order valence-corrected chi connectivity index (χ4v) is 3.56. The number of hydrogen-bond donors (Lipinski definition) is 1. The minimum absolute atomic E-state index is 0.425. The fourth-order valence-electron chi connectivity index (χ4n) is 3.56. The highest BCUT2D eigenvalue weighted by molar-refractivity contribution is 5.69. The van der Waals surface area contributed by atoms with Gasteiger partial charge < -0.3 is 15.2 Å². The van der Waals surface area contributed by atoms with Crippen LogP contribution < -0.4 is 10.6 Å². The lowest BCUT2D eigenvalue weighted by Crippen LogP contribution is -2.19. The van der Waals surface area contributed by atoms with Crippen LogP contribution >= 0.6 is 0 Å². The highest BCUT2D eigenvalue weighted by Gasteiger charge is 2.24. The van der Waals surface area contributed by atoms with Gasteiger partial charge >= 0.3 is 0 Å². The van der Waals surface area contributed by atoms with Crippen molar-refractivity contribution >= 4 is 11.4 Å².